The molecule has 0 unspecified atom stereocenters. The second-order valence-corrected chi connectivity index (χ2v) is 9.00. The molecule has 0 aliphatic heterocycles. The van der Waals surface area contributed by atoms with Gasteiger partial charge >= 0.3 is 26.2 Å². The Kier molecular flexibility index (Phi) is 17.1. The molecule has 0 fully saturated rings. The van der Waals surface area contributed by atoms with Crippen LogP contribution in [0.4, 0.5) is 0 Å². The fourth-order valence-corrected chi connectivity index (χ4v) is 3.09. The molecular formula is C32H38O4Zr. The van der Waals surface area contributed by atoms with E-state index in [2.05, 4.69) is 64.2 Å². The molecule has 194 valence electrons. The Labute approximate surface area is 241 Å². The second kappa shape index (κ2) is 18.5. The molecule has 4 nitrogen and oxygen atoms in total. The van der Waals surface area contributed by atoms with Gasteiger partial charge in [0.25, 0.3) is 0 Å². The van der Waals surface area contributed by atoms with Gasteiger partial charge in [0.1, 0.15) is 11.5 Å². The van der Waals surface area contributed by atoms with E-state index in [1.807, 2.05) is 0 Å². The number of hydrogen-bond acceptors (Lipinski definition) is 4. The van der Waals surface area contributed by atoms with E-state index in [-0.39, 0.29) is 49.3 Å². The van der Waals surface area contributed by atoms with Crippen LogP contribution in [0.25, 0.3) is 0 Å². The summed E-state index contributed by atoms with van der Waals surface area (Å²) in [6.07, 6.45) is 17.2. The summed E-state index contributed by atoms with van der Waals surface area (Å²) in [5.41, 5.74) is 3.81. The van der Waals surface area contributed by atoms with Crippen LogP contribution in [0, 0.1) is 24.0 Å². The third-order valence-electron chi connectivity index (χ3n) is 5.19. The first-order chi connectivity index (χ1) is 17.0. The summed E-state index contributed by atoms with van der Waals surface area (Å²) in [6.45, 7) is 11.7. The standard InChI is InChI=1S/2C8H8O2.2C8H11.Zr/c2*1-6(9)7-3-2-4-8(10)5-7;2*1-7(2)8-5-3-4-6-8;/h2*2-5,10H,1H3;2*3,5,7H,4H2,1-2H3;/q;;2*-1;+2. The molecule has 4 rings (SSSR count). The van der Waals surface area contributed by atoms with E-state index in [4.69, 9.17) is 10.2 Å². The number of benzene rings is 2. The number of ketones is 2. The van der Waals surface area contributed by atoms with Crippen LogP contribution in [0.2, 0.25) is 0 Å². The molecule has 0 amide bonds. The van der Waals surface area contributed by atoms with Crippen molar-refractivity contribution in [2.24, 2.45) is 11.8 Å². The fourth-order valence-electron chi connectivity index (χ4n) is 3.09. The number of rotatable bonds is 4. The maximum Gasteiger partial charge on any atom is 2.00 e. The number of hydrogen-bond donors (Lipinski definition) is 2. The number of carbonyl (C=O) groups is 2. The van der Waals surface area contributed by atoms with Gasteiger partial charge in [0, 0.05) is 11.1 Å². The van der Waals surface area contributed by atoms with E-state index in [9.17, 15) is 9.59 Å². The summed E-state index contributed by atoms with van der Waals surface area (Å²) in [7, 11) is 0. The van der Waals surface area contributed by atoms with Crippen LogP contribution in [0.1, 0.15) is 75.1 Å². The largest absolute Gasteiger partial charge is 2.00 e. The van der Waals surface area contributed by atoms with E-state index in [0.717, 1.165) is 12.8 Å². The van der Waals surface area contributed by atoms with Crippen molar-refractivity contribution >= 4 is 11.6 Å². The van der Waals surface area contributed by atoms with Gasteiger partial charge < -0.3 is 10.2 Å². The van der Waals surface area contributed by atoms with E-state index in [1.165, 1.54) is 49.3 Å². The van der Waals surface area contributed by atoms with Crippen molar-refractivity contribution in [1.82, 2.24) is 0 Å². The summed E-state index contributed by atoms with van der Waals surface area (Å²) in [5.74, 6) is 1.52. The molecule has 5 heteroatoms. The maximum atomic E-state index is 10.7. The Bertz CT molecular complexity index is 1030. The predicted octanol–water partition coefficient (Wildman–Crippen LogP) is 7.85. The first kappa shape index (κ1) is 34.2. The van der Waals surface area contributed by atoms with Crippen LogP contribution in [-0.2, 0) is 26.2 Å². The quantitative estimate of drug-likeness (QED) is 0.287. The molecule has 2 N–H and O–H groups in total. The minimum absolute atomic E-state index is 0. The van der Waals surface area contributed by atoms with Gasteiger partial charge in [0.15, 0.2) is 11.6 Å². The first-order valence-corrected chi connectivity index (χ1v) is 12.2. The monoisotopic (exact) mass is 576 g/mol. The molecule has 0 aromatic heterocycles. The Hall–Kier alpha value is -2.78. The van der Waals surface area contributed by atoms with Crippen molar-refractivity contribution in [1.29, 1.82) is 0 Å². The van der Waals surface area contributed by atoms with Crippen LogP contribution in [-0.4, -0.2) is 21.8 Å². The van der Waals surface area contributed by atoms with Gasteiger partial charge in [-0.25, -0.2) is 23.3 Å². The third kappa shape index (κ3) is 14.5. The maximum absolute atomic E-state index is 10.7. The van der Waals surface area contributed by atoms with Crippen LogP contribution >= 0.6 is 0 Å². The summed E-state index contributed by atoms with van der Waals surface area (Å²) in [5, 5.41) is 17.8. The van der Waals surface area contributed by atoms with Crippen molar-refractivity contribution in [3.05, 3.63) is 107 Å². The molecule has 0 saturated carbocycles. The minimum atomic E-state index is -0.0316. The minimum Gasteiger partial charge on any atom is -0.508 e. The fraction of sp³-hybridized carbons (Fsp3) is 0.312. The zero-order valence-electron chi connectivity index (χ0n) is 22.7. The van der Waals surface area contributed by atoms with Gasteiger partial charge in [-0.2, -0.15) is 12.2 Å². The van der Waals surface area contributed by atoms with Crippen LogP contribution in [0.3, 0.4) is 0 Å². The summed E-state index contributed by atoms with van der Waals surface area (Å²) < 4.78 is 0. The molecular weight excluding hydrogens is 540 g/mol. The number of aromatic hydroxyl groups is 2. The number of allylic oxidation sites excluding steroid dienone is 8. The molecule has 2 aliphatic rings. The molecule has 2 aromatic rings. The van der Waals surface area contributed by atoms with Gasteiger partial charge in [-0.1, -0.05) is 63.8 Å². The van der Waals surface area contributed by atoms with Crippen LogP contribution in [0.5, 0.6) is 11.5 Å². The number of phenols is 2. The molecule has 0 spiro atoms. The smallest absolute Gasteiger partial charge is 0.508 e. The number of carbonyl (C=O) groups excluding carboxylic acids is 2. The zero-order valence-corrected chi connectivity index (χ0v) is 25.2. The van der Waals surface area contributed by atoms with Crippen LogP contribution < -0.4 is 0 Å². The molecule has 0 radical (unpaired) electrons. The van der Waals surface area contributed by atoms with E-state index in [0.29, 0.717) is 23.0 Å². The zero-order chi connectivity index (χ0) is 27.1. The van der Waals surface area contributed by atoms with Gasteiger partial charge in [0.05, 0.1) is 0 Å². The molecule has 0 saturated heterocycles. The van der Waals surface area contributed by atoms with E-state index < -0.39 is 0 Å². The molecule has 2 aliphatic carbocycles. The Balaban J connectivity index is 0.000000465. The van der Waals surface area contributed by atoms with Crippen LogP contribution in [0.15, 0.2) is 84.0 Å². The molecule has 0 bridgehead atoms. The average Bonchev–Trinajstić information content (AvgIpc) is 3.55. The van der Waals surface area contributed by atoms with Gasteiger partial charge in [-0.15, -0.1) is 12.8 Å². The summed E-state index contributed by atoms with van der Waals surface area (Å²) in [6, 6.07) is 12.6. The summed E-state index contributed by atoms with van der Waals surface area (Å²) >= 11 is 0. The van der Waals surface area contributed by atoms with Crippen molar-refractivity contribution < 1.29 is 46.0 Å². The summed E-state index contributed by atoms with van der Waals surface area (Å²) in [4.78, 5) is 21.4. The third-order valence-corrected chi connectivity index (χ3v) is 5.19. The SMILES string of the molecule is CC(=O)c1cccc(O)c1.CC(=O)c1cccc(O)c1.CC(C)C1=[C-]CC=C1.CC(C)C1=[C-]CC=C1.[Zr+2]. The van der Waals surface area contributed by atoms with Crippen molar-refractivity contribution in [3.63, 3.8) is 0 Å². The van der Waals surface area contributed by atoms with E-state index in [1.54, 1.807) is 24.3 Å². The number of phenolic OH excluding ortho intramolecular Hbond substituents is 2. The molecule has 0 heterocycles. The molecule has 0 atom stereocenters. The van der Waals surface area contributed by atoms with Gasteiger partial charge in [-0.3, -0.25) is 21.7 Å². The Morgan fingerprint density at radius 1 is 0.703 bits per heavy atom. The second-order valence-electron chi connectivity index (χ2n) is 9.00. The molecule has 37 heavy (non-hydrogen) atoms. The van der Waals surface area contributed by atoms with Crippen molar-refractivity contribution in [3.8, 4) is 11.5 Å². The number of Topliss-reactive ketones (excluding diaryl/α,β-unsaturated/α-hetero) is 2. The Morgan fingerprint density at radius 2 is 1.05 bits per heavy atom. The topological polar surface area (TPSA) is 74.6 Å². The Morgan fingerprint density at radius 3 is 1.22 bits per heavy atom. The predicted molar refractivity (Wildman–Crippen MR) is 147 cm³/mol. The first-order valence-electron chi connectivity index (χ1n) is 12.2. The van der Waals surface area contributed by atoms with Gasteiger partial charge in [-0.05, 0) is 38.1 Å². The molecule has 2 aromatic carbocycles. The average molecular weight is 578 g/mol. The van der Waals surface area contributed by atoms with Crippen molar-refractivity contribution in [2.75, 3.05) is 0 Å². The van der Waals surface area contributed by atoms with Gasteiger partial charge in [0.2, 0.25) is 0 Å². The normalized spacial score (nSPS) is 12.6. The van der Waals surface area contributed by atoms with E-state index >= 15 is 0 Å². The van der Waals surface area contributed by atoms with Crippen molar-refractivity contribution in [2.45, 2.75) is 54.4 Å².